The van der Waals surface area contributed by atoms with Crippen LogP contribution in [0, 0.1) is 0 Å². The molecule has 0 fully saturated rings. The molecule has 0 saturated carbocycles. The normalized spacial score (nSPS) is 20.7. The molecule has 0 spiro atoms. The zero-order valence-corrected chi connectivity index (χ0v) is 9.61. The monoisotopic (exact) mass is 208 g/mol. The van der Waals surface area contributed by atoms with Crippen LogP contribution in [0.15, 0.2) is 6.20 Å². The van der Waals surface area contributed by atoms with E-state index in [0.717, 1.165) is 25.9 Å². The Morgan fingerprint density at radius 3 is 3.13 bits per heavy atom. The SMILES string of the molecule is CN(C)CCc1ncc2n1CCCC2N. The van der Waals surface area contributed by atoms with Gasteiger partial charge in [0.2, 0.25) is 0 Å². The Hall–Kier alpha value is -0.870. The maximum absolute atomic E-state index is 6.04. The van der Waals surface area contributed by atoms with E-state index in [0.29, 0.717) is 0 Å². The average Bonchev–Trinajstić information content (AvgIpc) is 2.59. The molecule has 1 aromatic heterocycles. The molecule has 0 amide bonds. The molecule has 2 rings (SSSR count). The Morgan fingerprint density at radius 2 is 2.40 bits per heavy atom. The van der Waals surface area contributed by atoms with Crippen molar-refractivity contribution in [1.29, 1.82) is 0 Å². The minimum Gasteiger partial charge on any atom is -0.331 e. The van der Waals surface area contributed by atoms with Gasteiger partial charge in [0.05, 0.1) is 11.9 Å². The predicted molar refractivity (Wildman–Crippen MR) is 60.6 cm³/mol. The van der Waals surface area contributed by atoms with Gasteiger partial charge in [0.15, 0.2) is 0 Å². The van der Waals surface area contributed by atoms with E-state index in [1.807, 2.05) is 6.20 Å². The van der Waals surface area contributed by atoms with Gasteiger partial charge in [-0.15, -0.1) is 0 Å². The molecule has 1 aliphatic rings. The van der Waals surface area contributed by atoms with Crippen molar-refractivity contribution in [3.05, 3.63) is 17.7 Å². The molecular formula is C11H20N4. The minimum absolute atomic E-state index is 0.194. The number of rotatable bonds is 3. The van der Waals surface area contributed by atoms with Crippen molar-refractivity contribution in [3.8, 4) is 0 Å². The van der Waals surface area contributed by atoms with Crippen molar-refractivity contribution >= 4 is 0 Å². The Labute approximate surface area is 91.1 Å². The topological polar surface area (TPSA) is 47.1 Å². The van der Waals surface area contributed by atoms with Gasteiger partial charge in [0.25, 0.3) is 0 Å². The minimum atomic E-state index is 0.194. The number of imidazole rings is 1. The van der Waals surface area contributed by atoms with Crippen LogP contribution in [0.25, 0.3) is 0 Å². The molecule has 0 bridgehead atoms. The van der Waals surface area contributed by atoms with Crippen molar-refractivity contribution in [2.24, 2.45) is 5.73 Å². The van der Waals surface area contributed by atoms with Gasteiger partial charge in [-0.2, -0.15) is 0 Å². The lowest BCUT2D eigenvalue weighted by molar-refractivity contribution is 0.396. The summed E-state index contributed by atoms with van der Waals surface area (Å²) in [5.74, 6) is 1.19. The maximum Gasteiger partial charge on any atom is 0.110 e. The van der Waals surface area contributed by atoms with E-state index in [1.165, 1.54) is 17.9 Å². The fraction of sp³-hybridized carbons (Fsp3) is 0.727. The summed E-state index contributed by atoms with van der Waals surface area (Å²) in [7, 11) is 4.18. The summed E-state index contributed by atoms with van der Waals surface area (Å²) in [6.45, 7) is 2.14. The molecule has 0 aromatic carbocycles. The largest absolute Gasteiger partial charge is 0.331 e. The van der Waals surface area contributed by atoms with Crippen LogP contribution in [-0.4, -0.2) is 35.1 Å². The zero-order valence-electron chi connectivity index (χ0n) is 9.61. The lowest BCUT2D eigenvalue weighted by atomic mass is 10.1. The van der Waals surface area contributed by atoms with Gasteiger partial charge >= 0.3 is 0 Å². The van der Waals surface area contributed by atoms with Crippen LogP contribution in [0.4, 0.5) is 0 Å². The second kappa shape index (κ2) is 4.33. The van der Waals surface area contributed by atoms with Gasteiger partial charge in [0, 0.05) is 25.6 Å². The van der Waals surface area contributed by atoms with Crippen molar-refractivity contribution < 1.29 is 0 Å². The first-order valence-corrected chi connectivity index (χ1v) is 5.63. The number of hydrogen-bond acceptors (Lipinski definition) is 3. The molecule has 0 aliphatic carbocycles. The van der Waals surface area contributed by atoms with Gasteiger partial charge in [-0.3, -0.25) is 0 Å². The first-order valence-electron chi connectivity index (χ1n) is 5.63. The quantitative estimate of drug-likeness (QED) is 0.798. The van der Waals surface area contributed by atoms with Crippen LogP contribution in [0.2, 0.25) is 0 Å². The van der Waals surface area contributed by atoms with Crippen LogP contribution in [-0.2, 0) is 13.0 Å². The zero-order chi connectivity index (χ0) is 10.8. The van der Waals surface area contributed by atoms with Crippen molar-refractivity contribution in [3.63, 3.8) is 0 Å². The maximum atomic E-state index is 6.04. The Morgan fingerprint density at radius 1 is 1.60 bits per heavy atom. The summed E-state index contributed by atoms with van der Waals surface area (Å²) in [6.07, 6.45) is 5.24. The highest BCUT2D eigenvalue weighted by Crippen LogP contribution is 2.23. The van der Waals surface area contributed by atoms with Crippen LogP contribution in [0.3, 0.4) is 0 Å². The number of aromatic nitrogens is 2. The Balaban J connectivity index is 2.12. The van der Waals surface area contributed by atoms with E-state index in [1.54, 1.807) is 0 Å². The summed E-state index contributed by atoms with van der Waals surface area (Å²) in [4.78, 5) is 6.66. The molecule has 1 aromatic rings. The van der Waals surface area contributed by atoms with E-state index in [9.17, 15) is 0 Å². The molecule has 1 atom stereocenters. The van der Waals surface area contributed by atoms with Crippen molar-refractivity contribution in [1.82, 2.24) is 14.5 Å². The molecule has 2 N–H and O–H groups in total. The molecule has 1 aliphatic heterocycles. The third-order valence-corrected chi connectivity index (χ3v) is 3.03. The van der Waals surface area contributed by atoms with Crippen LogP contribution >= 0.6 is 0 Å². The highest BCUT2D eigenvalue weighted by Gasteiger charge is 2.19. The van der Waals surface area contributed by atoms with Crippen LogP contribution < -0.4 is 5.73 Å². The summed E-state index contributed by atoms with van der Waals surface area (Å²) in [5.41, 5.74) is 7.26. The van der Waals surface area contributed by atoms with Crippen molar-refractivity contribution in [2.45, 2.75) is 31.8 Å². The van der Waals surface area contributed by atoms with Gasteiger partial charge in [-0.05, 0) is 26.9 Å². The first-order chi connectivity index (χ1) is 7.18. The molecule has 84 valence electrons. The molecule has 0 saturated heterocycles. The predicted octanol–water partition coefficient (Wildman–Crippen LogP) is 0.781. The molecular weight excluding hydrogens is 188 g/mol. The molecule has 15 heavy (non-hydrogen) atoms. The van der Waals surface area contributed by atoms with Gasteiger partial charge in [0.1, 0.15) is 5.82 Å². The third kappa shape index (κ3) is 2.21. The standard InChI is InChI=1S/C11H20N4/c1-14(2)7-5-11-13-8-10-9(12)4-3-6-15(10)11/h8-9H,3-7,12H2,1-2H3. The average molecular weight is 208 g/mol. The van der Waals surface area contributed by atoms with Gasteiger partial charge in [-0.25, -0.2) is 4.98 Å². The van der Waals surface area contributed by atoms with Crippen molar-refractivity contribution in [2.75, 3.05) is 20.6 Å². The summed E-state index contributed by atoms with van der Waals surface area (Å²) in [5, 5.41) is 0. The molecule has 4 nitrogen and oxygen atoms in total. The van der Waals surface area contributed by atoms with E-state index in [2.05, 4.69) is 28.5 Å². The van der Waals surface area contributed by atoms with E-state index in [-0.39, 0.29) is 6.04 Å². The van der Waals surface area contributed by atoms with E-state index >= 15 is 0 Å². The Bertz CT molecular complexity index is 329. The van der Waals surface area contributed by atoms with Gasteiger partial charge < -0.3 is 15.2 Å². The van der Waals surface area contributed by atoms with E-state index in [4.69, 9.17) is 5.73 Å². The lowest BCUT2D eigenvalue weighted by Crippen LogP contribution is -2.24. The summed E-state index contributed by atoms with van der Waals surface area (Å²) >= 11 is 0. The fourth-order valence-corrected chi connectivity index (χ4v) is 2.12. The second-order valence-electron chi connectivity index (χ2n) is 4.55. The molecule has 2 heterocycles. The number of hydrogen-bond donors (Lipinski definition) is 1. The fourth-order valence-electron chi connectivity index (χ4n) is 2.12. The third-order valence-electron chi connectivity index (χ3n) is 3.03. The summed E-state index contributed by atoms with van der Waals surface area (Å²) in [6, 6.07) is 0.194. The highest BCUT2D eigenvalue weighted by molar-refractivity contribution is 5.12. The van der Waals surface area contributed by atoms with Crippen LogP contribution in [0.1, 0.15) is 30.4 Å². The highest BCUT2D eigenvalue weighted by atomic mass is 15.1. The number of likely N-dealkylation sites (N-methyl/N-ethyl adjacent to an activating group) is 1. The van der Waals surface area contributed by atoms with E-state index < -0.39 is 0 Å². The molecule has 4 heteroatoms. The number of fused-ring (bicyclic) bond motifs is 1. The van der Waals surface area contributed by atoms with Crippen LogP contribution in [0.5, 0.6) is 0 Å². The molecule has 0 radical (unpaired) electrons. The summed E-state index contributed by atoms with van der Waals surface area (Å²) < 4.78 is 2.30. The van der Waals surface area contributed by atoms with Gasteiger partial charge in [-0.1, -0.05) is 0 Å². The molecule has 1 unspecified atom stereocenters. The second-order valence-corrected chi connectivity index (χ2v) is 4.55. The Kier molecular flexibility index (Phi) is 3.07. The smallest absolute Gasteiger partial charge is 0.110 e. The number of nitrogens with two attached hydrogens (primary N) is 1. The number of nitrogens with zero attached hydrogens (tertiary/aromatic N) is 3. The lowest BCUT2D eigenvalue weighted by Gasteiger charge is -2.22. The first kappa shape index (κ1) is 10.6.